The molecule has 0 saturated carbocycles. The molecule has 0 saturated heterocycles. The molecule has 0 aliphatic heterocycles. The van der Waals surface area contributed by atoms with Crippen molar-refractivity contribution >= 4 is 11.3 Å². The molecule has 5 heteroatoms. The lowest BCUT2D eigenvalue weighted by atomic mass is 10.4. The molecule has 1 aromatic heterocycles. The normalized spacial score (nSPS) is 11.1. The molecule has 0 bridgehead atoms. The van der Waals surface area contributed by atoms with Crippen molar-refractivity contribution in [3.63, 3.8) is 0 Å². The van der Waals surface area contributed by atoms with Crippen LogP contribution in [0.15, 0.2) is 18.0 Å². The zero-order valence-corrected chi connectivity index (χ0v) is 11.9. The van der Waals surface area contributed by atoms with Gasteiger partial charge in [-0.2, -0.15) is 0 Å². The van der Waals surface area contributed by atoms with E-state index in [1.807, 2.05) is 6.08 Å². The second-order valence-corrected chi connectivity index (χ2v) is 5.10. The van der Waals surface area contributed by atoms with Gasteiger partial charge < -0.3 is 10.4 Å². The number of thiazole rings is 1. The molecule has 0 fully saturated rings. The Hall–Kier alpha value is -0.750. The maximum Gasteiger partial charge on any atom is 0.107 e. The van der Waals surface area contributed by atoms with Gasteiger partial charge in [0.1, 0.15) is 5.01 Å². The van der Waals surface area contributed by atoms with E-state index in [-0.39, 0.29) is 6.61 Å². The zero-order valence-electron chi connectivity index (χ0n) is 11.1. The predicted molar refractivity (Wildman–Crippen MR) is 76.7 cm³/mol. The van der Waals surface area contributed by atoms with E-state index in [1.165, 1.54) is 0 Å². The lowest BCUT2D eigenvalue weighted by Crippen LogP contribution is -2.26. The molecule has 2 N–H and O–H groups in total. The Morgan fingerprint density at radius 3 is 3.11 bits per heavy atom. The second kappa shape index (κ2) is 9.22. The van der Waals surface area contributed by atoms with E-state index >= 15 is 0 Å². The second-order valence-electron chi connectivity index (χ2n) is 4.16. The Kier molecular flexibility index (Phi) is 7.84. The van der Waals surface area contributed by atoms with Gasteiger partial charge in [-0.15, -0.1) is 17.9 Å². The Balaban J connectivity index is 2.43. The van der Waals surface area contributed by atoms with E-state index in [9.17, 15) is 0 Å². The highest BCUT2D eigenvalue weighted by atomic mass is 32.1. The monoisotopic (exact) mass is 269 g/mol. The SMILES string of the molecule is C=CCN(CCO)Cc1csc(CNCCC)n1. The molecule has 0 aliphatic carbocycles. The van der Waals surface area contributed by atoms with Crippen LogP contribution in [0.4, 0.5) is 0 Å². The summed E-state index contributed by atoms with van der Waals surface area (Å²) in [5.41, 5.74) is 1.07. The predicted octanol–water partition coefficient (Wildman–Crippen LogP) is 1.62. The highest BCUT2D eigenvalue weighted by molar-refractivity contribution is 7.09. The van der Waals surface area contributed by atoms with Gasteiger partial charge in [0, 0.05) is 31.6 Å². The fourth-order valence-electron chi connectivity index (χ4n) is 1.66. The fourth-order valence-corrected chi connectivity index (χ4v) is 2.42. The molecular formula is C13H23N3OS. The summed E-state index contributed by atoms with van der Waals surface area (Å²) < 4.78 is 0. The van der Waals surface area contributed by atoms with Gasteiger partial charge in [0.2, 0.25) is 0 Å². The average Bonchev–Trinajstić information content (AvgIpc) is 2.78. The van der Waals surface area contributed by atoms with Crippen molar-refractivity contribution in [3.05, 3.63) is 28.7 Å². The van der Waals surface area contributed by atoms with Crippen molar-refractivity contribution in [3.8, 4) is 0 Å². The number of hydrogen-bond acceptors (Lipinski definition) is 5. The Labute approximate surface area is 113 Å². The molecule has 0 radical (unpaired) electrons. The molecule has 0 aromatic carbocycles. The number of nitrogens with zero attached hydrogens (tertiary/aromatic N) is 2. The van der Waals surface area contributed by atoms with Crippen LogP contribution in [0.3, 0.4) is 0 Å². The van der Waals surface area contributed by atoms with Crippen LogP contribution in [0.25, 0.3) is 0 Å². The van der Waals surface area contributed by atoms with Crippen LogP contribution >= 0.6 is 11.3 Å². The van der Waals surface area contributed by atoms with Gasteiger partial charge >= 0.3 is 0 Å². The molecule has 18 heavy (non-hydrogen) atoms. The van der Waals surface area contributed by atoms with Gasteiger partial charge in [-0.3, -0.25) is 4.90 Å². The summed E-state index contributed by atoms with van der Waals surface area (Å²) in [7, 11) is 0. The van der Waals surface area contributed by atoms with Crippen LogP contribution in [-0.2, 0) is 13.1 Å². The van der Waals surface area contributed by atoms with Crippen molar-refractivity contribution in [1.29, 1.82) is 0 Å². The first kappa shape index (κ1) is 15.3. The third-order valence-corrected chi connectivity index (χ3v) is 3.39. The van der Waals surface area contributed by atoms with Crippen molar-refractivity contribution in [2.45, 2.75) is 26.4 Å². The molecule has 0 spiro atoms. The maximum atomic E-state index is 8.99. The van der Waals surface area contributed by atoms with Gasteiger partial charge in [0.25, 0.3) is 0 Å². The molecule has 1 heterocycles. The van der Waals surface area contributed by atoms with Crippen molar-refractivity contribution in [1.82, 2.24) is 15.2 Å². The van der Waals surface area contributed by atoms with Crippen LogP contribution < -0.4 is 5.32 Å². The highest BCUT2D eigenvalue weighted by Crippen LogP contribution is 2.11. The van der Waals surface area contributed by atoms with Crippen molar-refractivity contribution in [2.24, 2.45) is 0 Å². The van der Waals surface area contributed by atoms with Gasteiger partial charge in [0.05, 0.1) is 12.3 Å². The third-order valence-electron chi connectivity index (χ3n) is 2.49. The number of aromatic nitrogens is 1. The molecule has 0 unspecified atom stereocenters. The zero-order chi connectivity index (χ0) is 13.2. The highest BCUT2D eigenvalue weighted by Gasteiger charge is 2.07. The van der Waals surface area contributed by atoms with Crippen LogP contribution in [0, 0.1) is 0 Å². The maximum absolute atomic E-state index is 8.99. The lowest BCUT2D eigenvalue weighted by Gasteiger charge is -2.17. The summed E-state index contributed by atoms with van der Waals surface area (Å²) in [5.74, 6) is 0. The summed E-state index contributed by atoms with van der Waals surface area (Å²) in [6, 6.07) is 0. The molecule has 1 aromatic rings. The number of nitrogens with one attached hydrogen (secondary N) is 1. The first-order valence-electron chi connectivity index (χ1n) is 6.38. The molecule has 4 nitrogen and oxygen atoms in total. The number of rotatable bonds is 10. The Morgan fingerprint density at radius 2 is 2.44 bits per heavy atom. The Morgan fingerprint density at radius 1 is 1.61 bits per heavy atom. The van der Waals surface area contributed by atoms with Gasteiger partial charge in [-0.05, 0) is 13.0 Å². The standard InChI is InChI=1S/C13H23N3OS/c1-3-5-14-9-13-15-12(11-18-13)10-16(6-4-2)7-8-17/h4,11,14,17H,2-3,5-10H2,1H3. The first-order valence-corrected chi connectivity index (χ1v) is 7.26. The smallest absolute Gasteiger partial charge is 0.107 e. The van der Waals surface area contributed by atoms with Gasteiger partial charge in [0.15, 0.2) is 0 Å². The molecule has 0 aliphatic rings. The van der Waals surface area contributed by atoms with E-state index in [4.69, 9.17) is 5.11 Å². The number of aliphatic hydroxyl groups is 1. The van der Waals surface area contributed by atoms with Crippen molar-refractivity contribution in [2.75, 3.05) is 26.2 Å². The fraction of sp³-hybridized carbons (Fsp3) is 0.615. The Bertz CT molecular complexity index is 341. The first-order chi connectivity index (χ1) is 8.80. The van der Waals surface area contributed by atoms with E-state index in [1.54, 1.807) is 11.3 Å². The van der Waals surface area contributed by atoms with Crippen LogP contribution in [0.2, 0.25) is 0 Å². The molecular weight excluding hydrogens is 246 g/mol. The number of hydrogen-bond donors (Lipinski definition) is 2. The van der Waals surface area contributed by atoms with E-state index in [0.717, 1.165) is 43.3 Å². The van der Waals surface area contributed by atoms with Crippen LogP contribution in [0.1, 0.15) is 24.0 Å². The quantitative estimate of drug-likeness (QED) is 0.500. The van der Waals surface area contributed by atoms with Crippen LogP contribution in [-0.4, -0.2) is 41.2 Å². The summed E-state index contributed by atoms with van der Waals surface area (Å²) in [5, 5.41) is 15.6. The molecule has 0 atom stereocenters. The lowest BCUT2D eigenvalue weighted by molar-refractivity contribution is 0.202. The van der Waals surface area contributed by atoms with Gasteiger partial charge in [-0.1, -0.05) is 13.0 Å². The minimum atomic E-state index is 0.170. The van der Waals surface area contributed by atoms with Crippen molar-refractivity contribution < 1.29 is 5.11 Å². The molecule has 0 amide bonds. The number of aliphatic hydroxyl groups excluding tert-OH is 1. The minimum absolute atomic E-state index is 0.170. The average molecular weight is 269 g/mol. The summed E-state index contributed by atoms with van der Waals surface area (Å²) in [4.78, 5) is 6.72. The largest absolute Gasteiger partial charge is 0.395 e. The topological polar surface area (TPSA) is 48.4 Å². The summed E-state index contributed by atoms with van der Waals surface area (Å²) in [6.07, 6.45) is 2.99. The summed E-state index contributed by atoms with van der Waals surface area (Å²) >= 11 is 1.69. The van der Waals surface area contributed by atoms with E-state index in [2.05, 4.69) is 34.1 Å². The van der Waals surface area contributed by atoms with Crippen LogP contribution in [0.5, 0.6) is 0 Å². The third kappa shape index (κ3) is 5.73. The molecule has 1 rings (SSSR count). The molecule has 102 valence electrons. The summed E-state index contributed by atoms with van der Waals surface area (Å²) in [6.45, 7) is 10.1. The minimum Gasteiger partial charge on any atom is -0.395 e. The van der Waals surface area contributed by atoms with E-state index in [0.29, 0.717) is 6.54 Å². The van der Waals surface area contributed by atoms with E-state index < -0.39 is 0 Å². The van der Waals surface area contributed by atoms with Gasteiger partial charge in [-0.25, -0.2) is 4.98 Å².